The molecule has 0 bridgehead atoms. The molecule has 0 fully saturated rings. The van der Waals surface area contributed by atoms with Crippen LogP contribution in [-0.4, -0.2) is 36.4 Å². The molecular formula is C19H14F3N5OS2. The molecule has 6 nitrogen and oxygen atoms in total. The molecule has 0 atom stereocenters. The third-order valence-electron chi connectivity index (χ3n) is 4.27. The maximum absolute atomic E-state index is 13.1. The summed E-state index contributed by atoms with van der Waals surface area (Å²) in [6.45, 7) is 3.55. The van der Waals surface area contributed by atoms with E-state index in [1.54, 1.807) is 38.4 Å². The smallest absolute Gasteiger partial charge is 0.267 e. The number of hydrogen-bond acceptors (Lipinski definition) is 7. The zero-order valence-corrected chi connectivity index (χ0v) is 17.4. The van der Waals surface area contributed by atoms with E-state index in [1.807, 2.05) is 0 Å². The number of benzene rings is 1. The van der Waals surface area contributed by atoms with Gasteiger partial charge in [0, 0.05) is 22.9 Å². The van der Waals surface area contributed by atoms with Crippen LogP contribution >= 0.6 is 23.1 Å². The van der Waals surface area contributed by atoms with E-state index < -0.39 is 11.9 Å². The van der Waals surface area contributed by atoms with Crippen molar-refractivity contribution in [3.8, 4) is 16.3 Å². The fourth-order valence-corrected chi connectivity index (χ4v) is 4.64. The highest BCUT2D eigenvalue weighted by Gasteiger charge is 2.27. The van der Waals surface area contributed by atoms with E-state index in [-0.39, 0.29) is 5.56 Å². The largest absolute Gasteiger partial charge is 0.398 e. The molecular weight excluding hydrogens is 435 g/mol. The highest BCUT2D eigenvalue weighted by Crippen LogP contribution is 2.32. The molecule has 3 aromatic heterocycles. The number of thiazole rings is 1. The Morgan fingerprint density at radius 3 is 2.57 bits per heavy atom. The monoisotopic (exact) mass is 449 g/mol. The average molecular weight is 449 g/mol. The van der Waals surface area contributed by atoms with E-state index in [0.717, 1.165) is 11.1 Å². The molecule has 154 valence electrons. The van der Waals surface area contributed by atoms with Gasteiger partial charge in [0.15, 0.2) is 5.65 Å². The summed E-state index contributed by atoms with van der Waals surface area (Å²) in [4.78, 5) is 30.1. The molecule has 0 aliphatic rings. The van der Waals surface area contributed by atoms with Gasteiger partial charge in [0.1, 0.15) is 22.4 Å². The lowest BCUT2D eigenvalue weighted by Crippen LogP contribution is -2.19. The Morgan fingerprint density at radius 1 is 1.13 bits per heavy atom. The molecule has 0 N–H and O–H groups in total. The summed E-state index contributed by atoms with van der Waals surface area (Å²) in [6.07, 6.45) is 1.66. The third-order valence-corrected chi connectivity index (χ3v) is 6.57. The van der Waals surface area contributed by atoms with Gasteiger partial charge in [0.2, 0.25) is 0 Å². The van der Waals surface area contributed by atoms with Gasteiger partial charge in [-0.25, -0.2) is 19.9 Å². The maximum Gasteiger partial charge on any atom is 0.398 e. The number of halogens is 3. The fourth-order valence-electron chi connectivity index (χ4n) is 2.91. The number of aryl methyl sites for hydroxylation is 2. The third kappa shape index (κ3) is 4.08. The number of fused-ring (bicyclic) bond motifs is 1. The predicted molar refractivity (Wildman–Crippen MR) is 110 cm³/mol. The minimum absolute atomic E-state index is 0.302. The minimum Gasteiger partial charge on any atom is -0.267 e. The highest BCUT2D eigenvalue weighted by molar-refractivity contribution is 7.99. The van der Waals surface area contributed by atoms with Gasteiger partial charge >= 0.3 is 6.18 Å². The van der Waals surface area contributed by atoms with Crippen molar-refractivity contribution < 1.29 is 13.2 Å². The van der Waals surface area contributed by atoms with E-state index in [9.17, 15) is 18.0 Å². The van der Waals surface area contributed by atoms with Crippen LogP contribution in [0.5, 0.6) is 0 Å². The van der Waals surface area contributed by atoms with Crippen LogP contribution in [0, 0.1) is 13.8 Å². The van der Waals surface area contributed by atoms with Crippen molar-refractivity contribution in [2.45, 2.75) is 24.9 Å². The summed E-state index contributed by atoms with van der Waals surface area (Å²) in [7, 11) is 0. The molecule has 0 amide bonds. The van der Waals surface area contributed by atoms with Gasteiger partial charge in [-0.3, -0.25) is 9.36 Å². The van der Waals surface area contributed by atoms with Crippen LogP contribution in [0.25, 0.3) is 26.6 Å². The number of nitrogens with zero attached hydrogens (tertiary/aromatic N) is 5. The predicted octanol–water partition coefficient (Wildman–Crippen LogP) is 4.57. The standard InChI is InChI=1S/C19H14F3N5OS2/c1-10-3-11(2)14(29-7-19(20,21)22)4-13(10)27-9-25-16-15(18(27)28)30-17(26-16)12-5-23-8-24-6-12/h3-6,8-9H,7H2,1-2H3. The van der Waals surface area contributed by atoms with Gasteiger partial charge in [-0.1, -0.05) is 6.07 Å². The molecule has 0 aliphatic carbocycles. The second-order valence-electron chi connectivity index (χ2n) is 6.53. The van der Waals surface area contributed by atoms with E-state index in [2.05, 4.69) is 19.9 Å². The Hall–Kier alpha value is -2.79. The van der Waals surface area contributed by atoms with Crippen LogP contribution in [0.2, 0.25) is 0 Å². The molecule has 0 radical (unpaired) electrons. The first-order chi connectivity index (χ1) is 14.2. The van der Waals surface area contributed by atoms with E-state index >= 15 is 0 Å². The summed E-state index contributed by atoms with van der Waals surface area (Å²) < 4.78 is 39.7. The normalized spacial score (nSPS) is 11.9. The Labute approximate surface area is 176 Å². The van der Waals surface area contributed by atoms with Crippen LogP contribution in [0.3, 0.4) is 0 Å². The summed E-state index contributed by atoms with van der Waals surface area (Å²) in [6, 6.07) is 3.37. The minimum atomic E-state index is -4.28. The van der Waals surface area contributed by atoms with Crippen LogP contribution in [0.4, 0.5) is 13.2 Å². The lowest BCUT2D eigenvalue weighted by Gasteiger charge is -2.14. The number of rotatable bonds is 4. The quantitative estimate of drug-likeness (QED) is 0.425. The Kier molecular flexibility index (Phi) is 5.33. The van der Waals surface area contributed by atoms with Crippen molar-refractivity contribution in [3.63, 3.8) is 0 Å². The summed E-state index contributed by atoms with van der Waals surface area (Å²) in [5.74, 6) is -1.00. The van der Waals surface area contributed by atoms with E-state index in [0.29, 0.717) is 43.3 Å². The van der Waals surface area contributed by atoms with Crippen LogP contribution in [0.1, 0.15) is 11.1 Å². The van der Waals surface area contributed by atoms with E-state index in [1.165, 1.54) is 28.6 Å². The van der Waals surface area contributed by atoms with Crippen molar-refractivity contribution >= 4 is 33.4 Å². The zero-order chi connectivity index (χ0) is 21.5. The number of thioether (sulfide) groups is 1. The van der Waals surface area contributed by atoms with Gasteiger partial charge in [-0.05, 0) is 31.0 Å². The Balaban J connectivity index is 1.79. The second kappa shape index (κ2) is 7.80. The first-order valence-corrected chi connectivity index (χ1v) is 10.5. The first kappa shape index (κ1) is 20.5. The molecule has 30 heavy (non-hydrogen) atoms. The van der Waals surface area contributed by atoms with Crippen LogP contribution in [0.15, 0.2) is 46.9 Å². The average Bonchev–Trinajstić information content (AvgIpc) is 3.13. The van der Waals surface area contributed by atoms with Gasteiger partial charge in [0.25, 0.3) is 5.56 Å². The summed E-state index contributed by atoms with van der Waals surface area (Å²) >= 11 is 1.87. The highest BCUT2D eigenvalue weighted by atomic mass is 32.2. The van der Waals surface area contributed by atoms with Gasteiger partial charge < -0.3 is 0 Å². The summed E-state index contributed by atoms with van der Waals surface area (Å²) in [5.41, 5.74) is 2.60. The molecule has 3 heterocycles. The number of aromatic nitrogens is 5. The van der Waals surface area contributed by atoms with Crippen molar-refractivity contribution in [2.24, 2.45) is 0 Å². The number of alkyl halides is 3. The molecule has 0 unspecified atom stereocenters. The van der Waals surface area contributed by atoms with Gasteiger partial charge in [0.05, 0.1) is 11.4 Å². The van der Waals surface area contributed by atoms with Crippen molar-refractivity contribution in [1.29, 1.82) is 0 Å². The number of hydrogen-bond donors (Lipinski definition) is 0. The van der Waals surface area contributed by atoms with E-state index in [4.69, 9.17) is 0 Å². The van der Waals surface area contributed by atoms with Crippen molar-refractivity contribution in [3.05, 3.63) is 58.7 Å². The van der Waals surface area contributed by atoms with Crippen molar-refractivity contribution in [1.82, 2.24) is 24.5 Å². The Bertz CT molecular complexity index is 1290. The molecule has 1 aromatic carbocycles. The topological polar surface area (TPSA) is 73.6 Å². The SMILES string of the molecule is Cc1cc(C)c(-n2cnc3nc(-c4cncnc4)sc3c2=O)cc1SCC(F)(F)F. The molecule has 0 saturated heterocycles. The zero-order valence-electron chi connectivity index (χ0n) is 15.8. The molecule has 0 spiro atoms. The lowest BCUT2D eigenvalue weighted by atomic mass is 10.1. The van der Waals surface area contributed by atoms with Crippen molar-refractivity contribution in [2.75, 3.05) is 5.75 Å². The second-order valence-corrected chi connectivity index (χ2v) is 8.54. The molecule has 11 heteroatoms. The maximum atomic E-state index is 13.1. The van der Waals surface area contributed by atoms with Crippen LogP contribution < -0.4 is 5.56 Å². The molecule has 4 aromatic rings. The van der Waals surface area contributed by atoms with Gasteiger partial charge in [-0.15, -0.1) is 23.1 Å². The molecule has 0 aliphatic heterocycles. The van der Waals surface area contributed by atoms with Gasteiger partial charge in [-0.2, -0.15) is 13.2 Å². The Morgan fingerprint density at radius 2 is 1.87 bits per heavy atom. The lowest BCUT2D eigenvalue weighted by molar-refractivity contribution is -0.105. The fraction of sp³-hybridized carbons (Fsp3) is 0.211. The first-order valence-electron chi connectivity index (χ1n) is 8.67. The van der Waals surface area contributed by atoms with Crippen LogP contribution in [-0.2, 0) is 0 Å². The summed E-state index contributed by atoms with van der Waals surface area (Å²) in [5, 5.41) is 0.565. The molecule has 0 saturated carbocycles. The molecule has 4 rings (SSSR count).